The minimum absolute atomic E-state index is 0.165. The summed E-state index contributed by atoms with van der Waals surface area (Å²) in [5.74, 6) is 0.349. The van der Waals surface area contributed by atoms with Gasteiger partial charge in [0, 0.05) is 11.1 Å². The van der Waals surface area contributed by atoms with Crippen molar-refractivity contribution >= 4 is 20.1 Å². The van der Waals surface area contributed by atoms with Crippen LogP contribution < -0.4 is 0 Å². The summed E-state index contributed by atoms with van der Waals surface area (Å²) < 4.78 is 26.4. The van der Waals surface area contributed by atoms with Gasteiger partial charge < -0.3 is 0 Å². The van der Waals surface area contributed by atoms with Crippen LogP contribution >= 0.6 is 0 Å². The lowest BCUT2D eigenvalue weighted by Gasteiger charge is -2.24. The Bertz CT molecular complexity index is 979. The van der Waals surface area contributed by atoms with Crippen LogP contribution in [0.3, 0.4) is 0 Å². The smallest absolute Gasteiger partial charge is 0.275 e. The first-order valence-corrected chi connectivity index (χ1v) is 13.0. The van der Waals surface area contributed by atoms with Gasteiger partial charge in [0.1, 0.15) is 0 Å². The van der Waals surface area contributed by atoms with E-state index in [-0.39, 0.29) is 23.0 Å². The van der Waals surface area contributed by atoms with Gasteiger partial charge in [0.25, 0.3) is 20.1 Å². The van der Waals surface area contributed by atoms with Crippen molar-refractivity contribution in [3.8, 4) is 0 Å². The molecule has 0 saturated heterocycles. The molecule has 4 nitrogen and oxygen atoms in total. The van der Waals surface area contributed by atoms with Gasteiger partial charge in [0.15, 0.2) is 0 Å². The predicted octanol–water partition coefficient (Wildman–Crippen LogP) is 6.18. The number of carbonyl (C=O) groups is 2. The quantitative estimate of drug-likeness (QED) is 0.572. The average Bonchev–Trinajstić information content (AvgIpc) is 2.84. The molecule has 0 aliphatic heterocycles. The van der Waals surface area contributed by atoms with Crippen molar-refractivity contribution in [2.45, 2.75) is 76.0 Å². The topological polar surface area (TPSA) is 68.3 Å². The zero-order valence-corrected chi connectivity index (χ0v) is 18.7. The number of rotatable bonds is 4. The van der Waals surface area contributed by atoms with E-state index in [1.54, 1.807) is 24.3 Å². The number of sulfone groups is 1. The fraction of sp³-hybridized carbons (Fsp3) is 0.462. The molecule has 0 unspecified atom stereocenters. The van der Waals surface area contributed by atoms with E-state index in [2.05, 4.69) is 0 Å². The van der Waals surface area contributed by atoms with Crippen molar-refractivity contribution in [1.82, 2.24) is 0 Å². The number of carbonyl (C=O) groups excluding carboxylic acids is 2. The van der Waals surface area contributed by atoms with Gasteiger partial charge in [0.2, 0.25) is 0 Å². The van der Waals surface area contributed by atoms with Gasteiger partial charge in [0.05, 0.1) is 0 Å². The normalized spacial score (nSPS) is 18.6. The molecule has 2 aliphatic carbocycles. The Morgan fingerprint density at radius 1 is 0.581 bits per heavy atom. The predicted molar refractivity (Wildman–Crippen MR) is 122 cm³/mol. The van der Waals surface area contributed by atoms with Gasteiger partial charge in [-0.05, 0) is 60.8 Å². The molecule has 31 heavy (non-hydrogen) atoms. The maximum atomic E-state index is 13.2. The molecule has 0 amide bonds. The molecule has 2 aliphatic rings. The third kappa shape index (κ3) is 4.52. The third-order valence-corrected chi connectivity index (χ3v) is 8.36. The molecule has 0 radical (unpaired) electrons. The molecule has 2 aromatic carbocycles. The van der Waals surface area contributed by atoms with E-state index < -0.39 is 20.1 Å². The standard InChI is InChI=1S/C26H30O4S/c27-25(23-17-9-7-15-21(23)19-11-3-1-4-12-19)31(29,30)26(28)24-18-10-8-16-22(24)20-13-5-2-6-14-20/h7-10,15-20H,1-6,11-14H2. The minimum atomic E-state index is -4.65. The summed E-state index contributed by atoms with van der Waals surface area (Å²) in [6.45, 7) is 0. The van der Waals surface area contributed by atoms with Gasteiger partial charge in [-0.3, -0.25) is 9.59 Å². The van der Waals surface area contributed by atoms with Crippen LogP contribution in [0.15, 0.2) is 48.5 Å². The Balaban J connectivity index is 1.67. The first-order valence-electron chi connectivity index (χ1n) is 11.5. The lowest BCUT2D eigenvalue weighted by Crippen LogP contribution is -2.27. The molecule has 4 rings (SSSR count). The maximum Gasteiger partial charge on any atom is 0.285 e. The molecule has 0 spiro atoms. The Hall–Kier alpha value is -2.27. The van der Waals surface area contributed by atoms with E-state index in [4.69, 9.17) is 0 Å². The largest absolute Gasteiger partial charge is 0.285 e. The summed E-state index contributed by atoms with van der Waals surface area (Å²) in [7, 11) is -4.65. The van der Waals surface area contributed by atoms with Crippen LogP contribution in [0.2, 0.25) is 0 Å². The Morgan fingerprint density at radius 3 is 1.32 bits per heavy atom. The second kappa shape index (κ2) is 9.47. The summed E-state index contributed by atoms with van der Waals surface area (Å²) in [6, 6.07) is 13.8. The van der Waals surface area contributed by atoms with Crippen molar-refractivity contribution in [3.05, 3.63) is 70.8 Å². The molecule has 2 fully saturated rings. The molecule has 0 atom stereocenters. The molecule has 0 aromatic heterocycles. The summed E-state index contributed by atoms with van der Waals surface area (Å²) in [6.07, 6.45) is 10.4. The van der Waals surface area contributed by atoms with Gasteiger partial charge in [-0.15, -0.1) is 0 Å². The molecule has 0 heterocycles. The summed E-state index contributed by atoms with van der Waals surface area (Å²) in [4.78, 5) is 26.4. The second-order valence-electron chi connectivity index (χ2n) is 8.92. The fourth-order valence-electron chi connectivity index (χ4n) is 5.28. The summed E-state index contributed by atoms with van der Waals surface area (Å²) >= 11 is 0. The molecule has 0 N–H and O–H groups in total. The average molecular weight is 439 g/mol. The van der Waals surface area contributed by atoms with Gasteiger partial charge in [-0.2, -0.15) is 0 Å². The number of benzene rings is 2. The van der Waals surface area contributed by atoms with E-state index in [1.165, 1.54) is 12.8 Å². The molecule has 2 saturated carbocycles. The zero-order valence-electron chi connectivity index (χ0n) is 17.9. The van der Waals surface area contributed by atoms with Crippen LogP contribution in [0.1, 0.15) is 108 Å². The van der Waals surface area contributed by atoms with Gasteiger partial charge in [-0.25, -0.2) is 8.42 Å². The van der Waals surface area contributed by atoms with Crippen LogP contribution in [0.5, 0.6) is 0 Å². The van der Waals surface area contributed by atoms with Gasteiger partial charge in [-0.1, -0.05) is 74.9 Å². The molecular formula is C26H30O4S. The SMILES string of the molecule is O=C(c1ccccc1C1CCCCC1)S(=O)(=O)C(=O)c1ccccc1C1CCCCC1. The lowest BCUT2D eigenvalue weighted by molar-refractivity contribution is 0.104. The first kappa shape index (κ1) is 21.9. The zero-order chi connectivity index (χ0) is 21.8. The van der Waals surface area contributed by atoms with Crippen molar-refractivity contribution in [2.24, 2.45) is 0 Å². The van der Waals surface area contributed by atoms with E-state index in [1.807, 2.05) is 24.3 Å². The third-order valence-electron chi connectivity index (χ3n) is 6.94. The van der Waals surface area contributed by atoms with Crippen LogP contribution in [-0.4, -0.2) is 18.6 Å². The molecule has 0 bridgehead atoms. The van der Waals surface area contributed by atoms with E-state index >= 15 is 0 Å². The Morgan fingerprint density at radius 2 is 0.935 bits per heavy atom. The highest BCUT2D eigenvalue weighted by Gasteiger charge is 2.37. The highest BCUT2D eigenvalue weighted by Crippen LogP contribution is 2.37. The van der Waals surface area contributed by atoms with Crippen molar-refractivity contribution in [3.63, 3.8) is 0 Å². The summed E-state index contributed by atoms with van der Waals surface area (Å²) in [5.41, 5.74) is 1.86. The Labute approximate surface area is 185 Å². The molecular weight excluding hydrogens is 408 g/mol. The fourth-order valence-corrected chi connectivity index (χ4v) is 6.40. The molecule has 164 valence electrons. The molecule has 5 heteroatoms. The number of hydrogen-bond acceptors (Lipinski definition) is 4. The molecule has 2 aromatic rings. The van der Waals surface area contributed by atoms with E-state index in [0.29, 0.717) is 0 Å². The monoisotopic (exact) mass is 438 g/mol. The van der Waals surface area contributed by atoms with Crippen molar-refractivity contribution in [2.75, 3.05) is 0 Å². The van der Waals surface area contributed by atoms with E-state index in [9.17, 15) is 18.0 Å². The van der Waals surface area contributed by atoms with Crippen molar-refractivity contribution in [1.29, 1.82) is 0 Å². The Kier molecular flexibility index (Phi) is 6.71. The minimum Gasteiger partial charge on any atom is -0.275 e. The lowest BCUT2D eigenvalue weighted by atomic mass is 9.82. The maximum absolute atomic E-state index is 13.2. The van der Waals surface area contributed by atoms with Crippen LogP contribution in [0.25, 0.3) is 0 Å². The highest BCUT2D eigenvalue weighted by atomic mass is 32.2. The number of hydrogen-bond donors (Lipinski definition) is 0. The summed E-state index contributed by atoms with van der Waals surface area (Å²) in [5, 5.41) is -2.12. The van der Waals surface area contributed by atoms with Crippen LogP contribution in [-0.2, 0) is 9.84 Å². The second-order valence-corrected chi connectivity index (χ2v) is 10.7. The van der Waals surface area contributed by atoms with E-state index in [0.717, 1.165) is 62.5 Å². The van der Waals surface area contributed by atoms with Crippen molar-refractivity contribution < 1.29 is 18.0 Å². The highest BCUT2D eigenvalue weighted by molar-refractivity contribution is 8.19. The first-order chi connectivity index (χ1) is 15.0. The van der Waals surface area contributed by atoms with Crippen LogP contribution in [0.4, 0.5) is 0 Å². The van der Waals surface area contributed by atoms with Crippen LogP contribution in [0, 0.1) is 0 Å². The van der Waals surface area contributed by atoms with Gasteiger partial charge >= 0.3 is 0 Å².